The Hall–Kier alpha value is -2.72. The molecule has 160 valence electrons. The van der Waals surface area contributed by atoms with E-state index in [1.807, 2.05) is 26.0 Å². The van der Waals surface area contributed by atoms with E-state index in [-0.39, 0.29) is 29.6 Å². The first kappa shape index (κ1) is 21.5. The van der Waals surface area contributed by atoms with Gasteiger partial charge in [0.25, 0.3) is 0 Å². The Labute approximate surface area is 187 Å². The van der Waals surface area contributed by atoms with Gasteiger partial charge in [-0.25, -0.2) is 4.79 Å². The largest absolute Gasteiger partial charge is 0.481 e. The number of carbonyl (C=O) groups excluding carboxylic acids is 1. The van der Waals surface area contributed by atoms with E-state index in [2.05, 4.69) is 60.7 Å². The molecule has 1 saturated carbocycles. The third kappa shape index (κ3) is 5.31. The molecule has 0 unspecified atom stereocenters. The maximum atomic E-state index is 12.2. The van der Waals surface area contributed by atoms with Crippen molar-refractivity contribution in [2.75, 3.05) is 6.61 Å². The highest BCUT2D eigenvalue weighted by molar-refractivity contribution is 7.97. The van der Waals surface area contributed by atoms with Crippen LogP contribution in [0.5, 0.6) is 5.75 Å². The van der Waals surface area contributed by atoms with Crippen LogP contribution in [-0.4, -0.2) is 18.7 Å². The third-order valence-electron chi connectivity index (χ3n) is 5.56. The normalized spacial score (nSPS) is 14.0. The summed E-state index contributed by atoms with van der Waals surface area (Å²) in [5.41, 5.74) is 2.07. The molecule has 0 atom stereocenters. The average molecular weight is 434 g/mol. The molecule has 0 radical (unpaired) electrons. The maximum absolute atomic E-state index is 12.2. The predicted octanol–water partition coefficient (Wildman–Crippen LogP) is 6.26. The Kier molecular flexibility index (Phi) is 6.98. The molecule has 0 spiro atoms. The van der Waals surface area contributed by atoms with Crippen molar-refractivity contribution in [3.05, 3.63) is 83.9 Å². The van der Waals surface area contributed by atoms with E-state index < -0.39 is 0 Å². The van der Waals surface area contributed by atoms with E-state index in [1.165, 1.54) is 14.7 Å². The molecule has 31 heavy (non-hydrogen) atoms. The Balaban J connectivity index is 1.56. The number of carbonyl (C=O) groups is 1. The molecule has 0 aromatic heterocycles. The first-order valence-corrected chi connectivity index (χ1v) is 12.1. The monoisotopic (exact) mass is 433 g/mol. The van der Waals surface area contributed by atoms with Crippen LogP contribution in [0.3, 0.4) is 0 Å². The summed E-state index contributed by atoms with van der Waals surface area (Å²) in [6.07, 6.45) is 4.30. The van der Waals surface area contributed by atoms with Crippen molar-refractivity contribution in [1.82, 2.24) is 0 Å². The summed E-state index contributed by atoms with van der Waals surface area (Å²) in [6, 6.07) is 25.6. The molecule has 0 N–H and O–H groups in total. The number of hydrogen-bond acceptors (Lipinski definition) is 3. The van der Waals surface area contributed by atoms with Crippen LogP contribution in [0.25, 0.3) is 0 Å². The van der Waals surface area contributed by atoms with Crippen LogP contribution in [0.1, 0.15) is 36.8 Å². The van der Waals surface area contributed by atoms with Crippen molar-refractivity contribution in [3.8, 4) is 5.75 Å². The van der Waals surface area contributed by atoms with Crippen LogP contribution < -0.4 is 4.74 Å². The van der Waals surface area contributed by atoms with E-state index in [0.717, 1.165) is 42.6 Å². The van der Waals surface area contributed by atoms with Crippen LogP contribution in [-0.2, 0) is 20.4 Å². The first-order chi connectivity index (χ1) is 15.1. The molecule has 0 aliphatic heterocycles. The minimum Gasteiger partial charge on any atom is -0.481 e. The quantitative estimate of drug-likeness (QED) is 0.326. The van der Waals surface area contributed by atoms with Gasteiger partial charge in [0.2, 0.25) is 0 Å². The highest BCUT2D eigenvalue weighted by Gasteiger charge is 2.29. The van der Waals surface area contributed by atoms with Gasteiger partial charge in [0.1, 0.15) is 11.9 Å². The zero-order valence-electron chi connectivity index (χ0n) is 18.2. The van der Waals surface area contributed by atoms with Gasteiger partial charge in [-0.15, -0.1) is 0 Å². The lowest BCUT2D eigenvalue weighted by atomic mass is 10.1. The van der Waals surface area contributed by atoms with Crippen LogP contribution in [0, 0.1) is 13.8 Å². The Bertz CT molecular complexity index is 949. The summed E-state index contributed by atoms with van der Waals surface area (Å²) in [4.78, 5) is 16.0. The van der Waals surface area contributed by atoms with Gasteiger partial charge in [0, 0.05) is 12.1 Å². The van der Waals surface area contributed by atoms with Crippen molar-refractivity contribution in [3.63, 3.8) is 0 Å². The van der Waals surface area contributed by atoms with Gasteiger partial charge in [-0.3, -0.25) is 0 Å². The molecule has 3 aromatic carbocycles. The predicted molar refractivity (Wildman–Crippen MR) is 125 cm³/mol. The van der Waals surface area contributed by atoms with Gasteiger partial charge in [-0.05, 0) is 74.9 Å². The van der Waals surface area contributed by atoms with E-state index in [4.69, 9.17) is 9.47 Å². The molecule has 3 aromatic rings. The molecule has 4 rings (SSSR count). The molecule has 0 saturated heterocycles. The molecule has 1 fully saturated rings. The van der Waals surface area contributed by atoms with Crippen molar-refractivity contribution < 1.29 is 14.3 Å². The molecule has 0 amide bonds. The van der Waals surface area contributed by atoms with E-state index >= 15 is 0 Å². The highest BCUT2D eigenvalue weighted by Crippen LogP contribution is 2.35. The van der Waals surface area contributed by atoms with E-state index in [1.54, 1.807) is 0 Å². The molecule has 3 nitrogen and oxygen atoms in total. The summed E-state index contributed by atoms with van der Waals surface area (Å²) in [5, 5.41) is 0. The first-order valence-electron chi connectivity index (χ1n) is 10.9. The van der Waals surface area contributed by atoms with E-state index in [9.17, 15) is 4.79 Å². The van der Waals surface area contributed by atoms with Gasteiger partial charge in [-0.2, -0.15) is 0 Å². The van der Waals surface area contributed by atoms with Gasteiger partial charge in [-0.1, -0.05) is 36.4 Å². The molecule has 0 heterocycles. The molecule has 1 aliphatic carbocycles. The minimum atomic E-state index is -0.275. The number of benzene rings is 3. The SMILES string of the molecule is Cc1cc([S+](c2ccccc2)c2ccccc2)cc(C)c1OCC(=O)OC1CCCC1. The minimum absolute atomic E-state index is 0.0411. The zero-order valence-corrected chi connectivity index (χ0v) is 19.0. The summed E-state index contributed by atoms with van der Waals surface area (Å²) >= 11 is 0. The Morgan fingerprint density at radius 3 is 1.87 bits per heavy atom. The summed E-state index contributed by atoms with van der Waals surface area (Å²) < 4.78 is 11.4. The topological polar surface area (TPSA) is 35.5 Å². The smallest absolute Gasteiger partial charge is 0.344 e. The second-order valence-corrected chi connectivity index (χ2v) is 10.0. The van der Waals surface area contributed by atoms with Gasteiger partial charge in [0.05, 0.1) is 10.9 Å². The van der Waals surface area contributed by atoms with Crippen LogP contribution >= 0.6 is 0 Å². The van der Waals surface area contributed by atoms with Gasteiger partial charge in [0.15, 0.2) is 21.3 Å². The van der Waals surface area contributed by atoms with E-state index in [0.29, 0.717) is 0 Å². The second-order valence-electron chi connectivity index (χ2n) is 8.00. The van der Waals surface area contributed by atoms with Crippen molar-refractivity contribution in [2.45, 2.75) is 60.3 Å². The maximum Gasteiger partial charge on any atom is 0.344 e. The Morgan fingerprint density at radius 1 is 0.839 bits per heavy atom. The number of ether oxygens (including phenoxy) is 2. The zero-order chi connectivity index (χ0) is 21.6. The summed E-state index contributed by atoms with van der Waals surface area (Å²) in [6.45, 7) is 4.05. The lowest BCUT2D eigenvalue weighted by molar-refractivity contribution is -0.151. The molecule has 4 heteroatoms. The third-order valence-corrected chi connectivity index (χ3v) is 7.76. The lowest BCUT2D eigenvalue weighted by Crippen LogP contribution is -2.21. The summed E-state index contributed by atoms with van der Waals surface area (Å²) in [7, 11) is -0.207. The van der Waals surface area contributed by atoms with Crippen molar-refractivity contribution >= 4 is 16.9 Å². The second kappa shape index (κ2) is 10.1. The summed E-state index contributed by atoms with van der Waals surface area (Å²) in [5.74, 6) is 0.500. The Morgan fingerprint density at radius 2 is 1.35 bits per heavy atom. The molecule has 0 bridgehead atoms. The number of rotatable bonds is 7. The molecule has 1 aliphatic rings. The van der Waals surface area contributed by atoms with Crippen molar-refractivity contribution in [1.29, 1.82) is 0 Å². The number of aryl methyl sites for hydroxylation is 2. The highest BCUT2D eigenvalue weighted by atomic mass is 32.2. The van der Waals surface area contributed by atoms with Crippen molar-refractivity contribution in [2.24, 2.45) is 0 Å². The van der Waals surface area contributed by atoms with Crippen LogP contribution in [0.4, 0.5) is 0 Å². The fourth-order valence-corrected chi connectivity index (χ4v) is 6.40. The average Bonchev–Trinajstić information content (AvgIpc) is 3.28. The molecular formula is C27H29O3S+. The lowest BCUT2D eigenvalue weighted by Gasteiger charge is -2.16. The number of hydrogen-bond donors (Lipinski definition) is 0. The fraction of sp³-hybridized carbons (Fsp3) is 0.296. The van der Waals surface area contributed by atoms with Gasteiger partial charge < -0.3 is 9.47 Å². The van der Waals surface area contributed by atoms with Gasteiger partial charge >= 0.3 is 5.97 Å². The van der Waals surface area contributed by atoms with Crippen LogP contribution in [0.2, 0.25) is 0 Å². The molecular weight excluding hydrogens is 404 g/mol. The number of esters is 1. The van der Waals surface area contributed by atoms with Crippen LogP contribution in [0.15, 0.2) is 87.5 Å². The fourth-order valence-electron chi connectivity index (χ4n) is 4.13. The standard InChI is InChI=1S/C27H29O3S/c1-20-17-25(31(23-13-5-3-6-14-23)24-15-7-4-8-16-24)18-21(2)27(20)29-19-26(28)30-22-11-9-10-12-22/h3-8,13-18,22H,9-12,19H2,1-2H3/q+1.